The molecule has 0 heterocycles. The summed E-state index contributed by atoms with van der Waals surface area (Å²) < 4.78 is 12.9. The Labute approximate surface area is 108 Å². The minimum Gasteiger partial charge on any atom is -0.317 e. The SMILES string of the molecule is CCNCC(C)C(C)Cc1ccc(F)cc1Cl. The van der Waals surface area contributed by atoms with Gasteiger partial charge in [-0.1, -0.05) is 38.4 Å². The fraction of sp³-hybridized carbons (Fsp3) is 0.571. The molecule has 0 amide bonds. The Morgan fingerprint density at radius 1 is 1.29 bits per heavy atom. The maximum absolute atomic E-state index is 12.9. The fourth-order valence-electron chi connectivity index (χ4n) is 1.81. The average Bonchev–Trinajstić information content (AvgIpc) is 2.29. The molecule has 0 aliphatic carbocycles. The van der Waals surface area contributed by atoms with Crippen LogP contribution < -0.4 is 5.32 Å². The summed E-state index contributed by atoms with van der Waals surface area (Å²) in [6.07, 6.45) is 0.895. The highest BCUT2D eigenvalue weighted by Crippen LogP contribution is 2.23. The first-order chi connectivity index (χ1) is 8.04. The van der Waals surface area contributed by atoms with E-state index in [1.165, 1.54) is 12.1 Å². The lowest BCUT2D eigenvalue weighted by Crippen LogP contribution is -2.25. The van der Waals surface area contributed by atoms with Gasteiger partial charge in [0.2, 0.25) is 0 Å². The van der Waals surface area contributed by atoms with Crippen LogP contribution in [0.5, 0.6) is 0 Å². The van der Waals surface area contributed by atoms with E-state index in [-0.39, 0.29) is 5.82 Å². The highest BCUT2D eigenvalue weighted by Gasteiger charge is 2.14. The normalized spacial score (nSPS) is 14.6. The van der Waals surface area contributed by atoms with Gasteiger partial charge in [0, 0.05) is 5.02 Å². The number of halogens is 2. The van der Waals surface area contributed by atoms with E-state index in [2.05, 4.69) is 26.1 Å². The molecule has 0 saturated carbocycles. The Balaban J connectivity index is 2.58. The predicted octanol–water partition coefficient (Wildman–Crippen LogP) is 3.90. The molecule has 1 aromatic rings. The molecule has 0 aliphatic rings. The van der Waals surface area contributed by atoms with Gasteiger partial charge >= 0.3 is 0 Å². The summed E-state index contributed by atoms with van der Waals surface area (Å²) in [5.41, 5.74) is 1.03. The van der Waals surface area contributed by atoms with Gasteiger partial charge in [-0.2, -0.15) is 0 Å². The van der Waals surface area contributed by atoms with Crippen molar-refractivity contribution in [1.29, 1.82) is 0 Å². The van der Waals surface area contributed by atoms with Crippen LogP contribution >= 0.6 is 11.6 Å². The molecule has 1 N–H and O–H groups in total. The van der Waals surface area contributed by atoms with E-state index in [9.17, 15) is 4.39 Å². The summed E-state index contributed by atoms with van der Waals surface area (Å²) >= 11 is 6.03. The molecule has 0 aliphatic heterocycles. The lowest BCUT2D eigenvalue weighted by molar-refractivity contribution is 0.368. The lowest BCUT2D eigenvalue weighted by Gasteiger charge is -2.20. The van der Waals surface area contributed by atoms with Crippen molar-refractivity contribution in [3.05, 3.63) is 34.6 Å². The van der Waals surface area contributed by atoms with Gasteiger partial charge in [0.1, 0.15) is 5.82 Å². The van der Waals surface area contributed by atoms with Crippen molar-refractivity contribution in [2.75, 3.05) is 13.1 Å². The van der Waals surface area contributed by atoms with E-state index in [0.717, 1.165) is 25.1 Å². The summed E-state index contributed by atoms with van der Waals surface area (Å²) in [6.45, 7) is 8.55. The molecular weight excluding hydrogens is 237 g/mol. The lowest BCUT2D eigenvalue weighted by atomic mass is 9.89. The summed E-state index contributed by atoms with van der Waals surface area (Å²) in [7, 11) is 0. The fourth-order valence-corrected chi connectivity index (χ4v) is 2.05. The molecular formula is C14H21ClFN. The maximum atomic E-state index is 12.9. The van der Waals surface area contributed by atoms with Gasteiger partial charge in [-0.15, -0.1) is 0 Å². The minimum absolute atomic E-state index is 0.271. The number of nitrogens with one attached hydrogen (secondary N) is 1. The van der Waals surface area contributed by atoms with Crippen LogP contribution in [0.4, 0.5) is 4.39 Å². The van der Waals surface area contributed by atoms with Gasteiger partial charge in [-0.05, 0) is 49.0 Å². The molecule has 3 heteroatoms. The average molecular weight is 258 g/mol. The molecule has 1 rings (SSSR count). The standard InChI is InChI=1S/C14H21ClFN/c1-4-17-9-11(3)10(2)7-12-5-6-13(16)8-14(12)15/h5-6,8,10-11,17H,4,7,9H2,1-3H3. The zero-order valence-corrected chi connectivity index (χ0v) is 11.5. The first-order valence-electron chi connectivity index (χ1n) is 6.19. The van der Waals surface area contributed by atoms with Crippen molar-refractivity contribution in [3.63, 3.8) is 0 Å². The van der Waals surface area contributed by atoms with Gasteiger partial charge in [-0.25, -0.2) is 4.39 Å². The third-order valence-electron chi connectivity index (χ3n) is 3.24. The Hall–Kier alpha value is -0.600. The molecule has 2 atom stereocenters. The molecule has 1 nitrogen and oxygen atoms in total. The van der Waals surface area contributed by atoms with Gasteiger partial charge in [0.05, 0.1) is 0 Å². The monoisotopic (exact) mass is 257 g/mol. The summed E-state index contributed by atoms with van der Waals surface area (Å²) in [4.78, 5) is 0. The van der Waals surface area contributed by atoms with E-state index in [0.29, 0.717) is 16.9 Å². The zero-order valence-electron chi connectivity index (χ0n) is 10.8. The molecule has 2 unspecified atom stereocenters. The van der Waals surface area contributed by atoms with Crippen molar-refractivity contribution >= 4 is 11.6 Å². The van der Waals surface area contributed by atoms with Crippen LogP contribution in [-0.4, -0.2) is 13.1 Å². The largest absolute Gasteiger partial charge is 0.317 e. The van der Waals surface area contributed by atoms with Crippen LogP contribution in [-0.2, 0) is 6.42 Å². The third kappa shape index (κ3) is 4.64. The molecule has 0 saturated heterocycles. The van der Waals surface area contributed by atoms with Gasteiger partial charge in [0.25, 0.3) is 0 Å². The van der Waals surface area contributed by atoms with Crippen LogP contribution in [0.1, 0.15) is 26.3 Å². The van der Waals surface area contributed by atoms with E-state index >= 15 is 0 Å². The van der Waals surface area contributed by atoms with Gasteiger partial charge in [0.15, 0.2) is 0 Å². The molecule has 0 radical (unpaired) electrons. The highest BCUT2D eigenvalue weighted by molar-refractivity contribution is 6.31. The van der Waals surface area contributed by atoms with Crippen molar-refractivity contribution in [3.8, 4) is 0 Å². The zero-order chi connectivity index (χ0) is 12.8. The predicted molar refractivity (Wildman–Crippen MR) is 72.0 cm³/mol. The van der Waals surface area contributed by atoms with E-state index < -0.39 is 0 Å². The Morgan fingerprint density at radius 2 is 2.00 bits per heavy atom. The number of rotatable bonds is 6. The second-order valence-electron chi connectivity index (χ2n) is 4.70. The van der Waals surface area contributed by atoms with Crippen LogP contribution in [0.2, 0.25) is 5.02 Å². The van der Waals surface area contributed by atoms with Crippen molar-refractivity contribution in [1.82, 2.24) is 5.32 Å². The van der Waals surface area contributed by atoms with Crippen molar-refractivity contribution < 1.29 is 4.39 Å². The molecule has 0 bridgehead atoms. The first-order valence-corrected chi connectivity index (χ1v) is 6.57. The molecule has 1 aromatic carbocycles. The second-order valence-corrected chi connectivity index (χ2v) is 5.11. The molecule has 0 aromatic heterocycles. The van der Waals surface area contributed by atoms with Gasteiger partial charge in [-0.3, -0.25) is 0 Å². The van der Waals surface area contributed by atoms with E-state index in [1.54, 1.807) is 6.07 Å². The summed E-state index contributed by atoms with van der Waals surface area (Å²) in [5.74, 6) is 0.834. The van der Waals surface area contributed by atoms with E-state index in [4.69, 9.17) is 11.6 Å². The van der Waals surface area contributed by atoms with Crippen molar-refractivity contribution in [2.45, 2.75) is 27.2 Å². The minimum atomic E-state index is -0.271. The smallest absolute Gasteiger partial charge is 0.124 e. The second kappa shape index (κ2) is 6.97. The maximum Gasteiger partial charge on any atom is 0.124 e. The molecule has 0 fully saturated rings. The number of hydrogen-bond donors (Lipinski definition) is 1. The van der Waals surface area contributed by atoms with Crippen LogP contribution in [0.3, 0.4) is 0 Å². The third-order valence-corrected chi connectivity index (χ3v) is 3.60. The van der Waals surface area contributed by atoms with Crippen LogP contribution in [0.25, 0.3) is 0 Å². The quantitative estimate of drug-likeness (QED) is 0.815. The van der Waals surface area contributed by atoms with E-state index in [1.807, 2.05) is 0 Å². The Kier molecular flexibility index (Phi) is 5.93. The Morgan fingerprint density at radius 3 is 2.59 bits per heavy atom. The molecule has 96 valence electrons. The summed E-state index contributed by atoms with van der Waals surface area (Å²) in [6, 6.07) is 4.65. The first kappa shape index (κ1) is 14.5. The highest BCUT2D eigenvalue weighted by atomic mass is 35.5. The number of benzene rings is 1. The van der Waals surface area contributed by atoms with Gasteiger partial charge < -0.3 is 5.32 Å². The Bertz CT molecular complexity index is 354. The van der Waals surface area contributed by atoms with Crippen LogP contribution in [0, 0.1) is 17.7 Å². The van der Waals surface area contributed by atoms with Crippen LogP contribution in [0.15, 0.2) is 18.2 Å². The summed E-state index contributed by atoms with van der Waals surface area (Å²) in [5, 5.41) is 3.88. The van der Waals surface area contributed by atoms with Crippen molar-refractivity contribution in [2.24, 2.45) is 11.8 Å². The molecule has 17 heavy (non-hydrogen) atoms. The topological polar surface area (TPSA) is 12.0 Å². The number of hydrogen-bond acceptors (Lipinski definition) is 1. The molecule has 0 spiro atoms.